The Morgan fingerprint density at radius 1 is 1.30 bits per heavy atom. The summed E-state index contributed by atoms with van der Waals surface area (Å²) in [6.07, 6.45) is 0. The Hall–Kier alpha value is -1.59. The molecule has 1 unspecified atom stereocenters. The fraction of sp³-hybridized carbons (Fsp3) is 0.286. The van der Waals surface area contributed by atoms with Crippen LogP contribution in [0.2, 0.25) is 4.34 Å². The second kappa shape index (κ2) is 5.81. The van der Waals surface area contributed by atoms with Gasteiger partial charge in [-0.25, -0.2) is 0 Å². The first kappa shape index (κ1) is 14.8. The quantitative estimate of drug-likeness (QED) is 0.631. The van der Waals surface area contributed by atoms with E-state index in [4.69, 9.17) is 11.6 Å². The first-order chi connectivity index (χ1) is 9.38. The van der Waals surface area contributed by atoms with Crippen molar-refractivity contribution in [2.75, 3.05) is 5.32 Å². The number of nitrogens with zero attached hydrogens (tertiary/aromatic N) is 1. The van der Waals surface area contributed by atoms with Crippen LogP contribution in [0.4, 0.5) is 11.4 Å². The van der Waals surface area contributed by atoms with E-state index in [-0.39, 0.29) is 16.7 Å². The molecule has 4 nitrogen and oxygen atoms in total. The van der Waals surface area contributed by atoms with Gasteiger partial charge in [-0.2, -0.15) is 0 Å². The largest absolute Gasteiger partial charge is 0.373 e. The number of aryl methyl sites for hydroxylation is 2. The Labute approximate surface area is 126 Å². The molecule has 0 amide bonds. The number of hydrogen-bond donors (Lipinski definition) is 1. The van der Waals surface area contributed by atoms with Gasteiger partial charge in [-0.1, -0.05) is 11.6 Å². The standard InChI is InChI=1S/C14H15ClN2O2S/c1-8-4-12(13(17(18)19)5-9(8)2)16-10(3)11-6-14(15)20-7-11/h4-7,10,16H,1-3H3. The Balaban J connectivity index is 2.33. The number of thiophene rings is 1. The number of rotatable bonds is 4. The highest BCUT2D eigenvalue weighted by Gasteiger charge is 2.18. The molecule has 0 aliphatic rings. The first-order valence-corrected chi connectivity index (χ1v) is 7.40. The maximum absolute atomic E-state index is 11.2. The summed E-state index contributed by atoms with van der Waals surface area (Å²) in [6, 6.07) is 5.25. The minimum Gasteiger partial charge on any atom is -0.373 e. The highest BCUT2D eigenvalue weighted by atomic mass is 35.5. The van der Waals surface area contributed by atoms with Crippen molar-refractivity contribution in [3.63, 3.8) is 0 Å². The molecule has 2 aromatic rings. The van der Waals surface area contributed by atoms with Crippen LogP contribution in [0, 0.1) is 24.0 Å². The average Bonchev–Trinajstić information content (AvgIpc) is 2.80. The molecule has 0 spiro atoms. The van der Waals surface area contributed by atoms with Crippen molar-refractivity contribution in [1.82, 2.24) is 0 Å². The van der Waals surface area contributed by atoms with Gasteiger partial charge in [0.25, 0.3) is 5.69 Å². The zero-order valence-electron chi connectivity index (χ0n) is 11.4. The molecule has 0 saturated carbocycles. The van der Waals surface area contributed by atoms with Crippen LogP contribution in [-0.4, -0.2) is 4.92 Å². The maximum Gasteiger partial charge on any atom is 0.292 e. The predicted octanol–water partition coefficient (Wildman–Crippen LogP) is 5.10. The molecule has 20 heavy (non-hydrogen) atoms. The first-order valence-electron chi connectivity index (χ1n) is 6.14. The fourth-order valence-electron chi connectivity index (χ4n) is 1.93. The number of nitro benzene ring substituents is 1. The number of hydrogen-bond acceptors (Lipinski definition) is 4. The molecule has 2 rings (SSSR count). The molecule has 0 aliphatic carbocycles. The van der Waals surface area contributed by atoms with Crippen LogP contribution in [0.1, 0.15) is 29.7 Å². The Morgan fingerprint density at radius 2 is 1.95 bits per heavy atom. The summed E-state index contributed by atoms with van der Waals surface area (Å²) in [5.74, 6) is 0. The van der Waals surface area contributed by atoms with Crippen LogP contribution in [-0.2, 0) is 0 Å². The van der Waals surface area contributed by atoms with Crippen LogP contribution in [0.25, 0.3) is 0 Å². The molecular weight excluding hydrogens is 296 g/mol. The monoisotopic (exact) mass is 310 g/mol. The molecule has 1 heterocycles. The Kier molecular flexibility index (Phi) is 4.30. The zero-order chi connectivity index (χ0) is 14.9. The predicted molar refractivity (Wildman–Crippen MR) is 83.9 cm³/mol. The lowest BCUT2D eigenvalue weighted by molar-refractivity contribution is -0.384. The third kappa shape index (κ3) is 3.11. The van der Waals surface area contributed by atoms with E-state index in [1.165, 1.54) is 11.3 Å². The summed E-state index contributed by atoms with van der Waals surface area (Å²) < 4.78 is 0.711. The molecule has 0 aliphatic heterocycles. The van der Waals surface area contributed by atoms with E-state index in [2.05, 4.69) is 5.32 Å². The summed E-state index contributed by atoms with van der Waals surface area (Å²) in [5.41, 5.74) is 3.59. The third-order valence-corrected chi connectivity index (χ3v) is 4.38. The number of benzene rings is 1. The minimum absolute atomic E-state index is 0.0421. The summed E-state index contributed by atoms with van der Waals surface area (Å²) in [6.45, 7) is 5.77. The van der Waals surface area contributed by atoms with E-state index in [1.54, 1.807) is 6.07 Å². The average molecular weight is 311 g/mol. The fourth-order valence-corrected chi connectivity index (χ4v) is 2.92. The number of anilines is 1. The molecule has 0 radical (unpaired) electrons. The lowest BCUT2D eigenvalue weighted by atomic mass is 10.1. The van der Waals surface area contributed by atoms with Crippen LogP contribution in [0.15, 0.2) is 23.6 Å². The van der Waals surface area contributed by atoms with Crippen molar-refractivity contribution < 1.29 is 4.92 Å². The second-order valence-corrected chi connectivity index (χ2v) is 6.30. The van der Waals surface area contributed by atoms with E-state index >= 15 is 0 Å². The number of nitrogens with one attached hydrogen (secondary N) is 1. The van der Waals surface area contributed by atoms with Gasteiger partial charge in [-0.3, -0.25) is 10.1 Å². The van der Waals surface area contributed by atoms with Crippen LogP contribution < -0.4 is 5.32 Å². The smallest absolute Gasteiger partial charge is 0.292 e. The molecule has 0 fully saturated rings. The Bertz CT molecular complexity index is 655. The van der Waals surface area contributed by atoms with Crippen LogP contribution in [0.3, 0.4) is 0 Å². The van der Waals surface area contributed by atoms with E-state index < -0.39 is 0 Å². The lowest BCUT2D eigenvalue weighted by Gasteiger charge is -2.15. The van der Waals surface area contributed by atoms with E-state index in [0.717, 1.165) is 16.7 Å². The molecular formula is C14H15ClN2O2S. The van der Waals surface area contributed by atoms with Crippen molar-refractivity contribution >= 4 is 34.3 Å². The van der Waals surface area contributed by atoms with E-state index in [1.807, 2.05) is 38.3 Å². The lowest BCUT2D eigenvalue weighted by Crippen LogP contribution is -2.08. The minimum atomic E-state index is -0.359. The van der Waals surface area contributed by atoms with Gasteiger partial charge in [0.1, 0.15) is 5.69 Å². The van der Waals surface area contributed by atoms with Crippen molar-refractivity contribution in [3.8, 4) is 0 Å². The van der Waals surface area contributed by atoms with Crippen LogP contribution >= 0.6 is 22.9 Å². The van der Waals surface area contributed by atoms with Crippen molar-refractivity contribution in [2.45, 2.75) is 26.8 Å². The zero-order valence-corrected chi connectivity index (χ0v) is 13.0. The van der Waals surface area contributed by atoms with Crippen molar-refractivity contribution in [3.05, 3.63) is 54.7 Å². The molecule has 0 saturated heterocycles. The third-order valence-electron chi connectivity index (χ3n) is 3.27. The number of nitro groups is 1. The van der Waals surface area contributed by atoms with Crippen LogP contribution in [0.5, 0.6) is 0 Å². The summed E-state index contributed by atoms with van der Waals surface area (Å²) in [5, 5.41) is 16.3. The Morgan fingerprint density at radius 3 is 2.50 bits per heavy atom. The number of halogens is 1. The van der Waals surface area contributed by atoms with E-state index in [9.17, 15) is 10.1 Å². The molecule has 106 valence electrons. The summed E-state index contributed by atoms with van der Waals surface area (Å²) in [4.78, 5) is 10.8. The SMILES string of the molecule is Cc1cc(NC(C)c2csc(Cl)c2)c([N+](=O)[O-])cc1C. The summed E-state index contributed by atoms with van der Waals surface area (Å²) >= 11 is 7.37. The van der Waals surface area contributed by atoms with Gasteiger partial charge in [-0.05, 0) is 55.0 Å². The van der Waals surface area contributed by atoms with Crippen molar-refractivity contribution in [2.24, 2.45) is 0 Å². The van der Waals surface area contributed by atoms with Gasteiger partial charge in [0.15, 0.2) is 0 Å². The normalized spacial score (nSPS) is 12.2. The van der Waals surface area contributed by atoms with Gasteiger partial charge in [0.05, 0.1) is 9.26 Å². The van der Waals surface area contributed by atoms with Gasteiger partial charge in [0, 0.05) is 12.1 Å². The summed E-state index contributed by atoms with van der Waals surface area (Å²) in [7, 11) is 0. The maximum atomic E-state index is 11.2. The van der Waals surface area contributed by atoms with Gasteiger partial charge >= 0.3 is 0 Å². The molecule has 0 bridgehead atoms. The van der Waals surface area contributed by atoms with Gasteiger partial charge in [-0.15, -0.1) is 11.3 Å². The highest BCUT2D eigenvalue weighted by molar-refractivity contribution is 7.14. The van der Waals surface area contributed by atoms with Gasteiger partial charge in [0.2, 0.25) is 0 Å². The van der Waals surface area contributed by atoms with E-state index in [0.29, 0.717) is 10.0 Å². The molecule has 1 atom stereocenters. The molecule has 1 aromatic heterocycles. The topological polar surface area (TPSA) is 55.2 Å². The molecule has 1 N–H and O–H groups in total. The van der Waals surface area contributed by atoms with Crippen molar-refractivity contribution in [1.29, 1.82) is 0 Å². The molecule has 6 heteroatoms. The second-order valence-electron chi connectivity index (χ2n) is 4.76. The highest BCUT2D eigenvalue weighted by Crippen LogP contribution is 2.32. The van der Waals surface area contributed by atoms with Gasteiger partial charge < -0.3 is 5.32 Å². The molecule has 1 aromatic carbocycles.